The summed E-state index contributed by atoms with van der Waals surface area (Å²) in [6, 6.07) is 9.91. The molecule has 1 aromatic rings. The molecule has 0 heterocycles. The van der Waals surface area contributed by atoms with Crippen molar-refractivity contribution >= 4 is 0 Å². The lowest BCUT2D eigenvalue weighted by atomic mass is 9.86. The van der Waals surface area contributed by atoms with E-state index in [4.69, 9.17) is 0 Å². The Morgan fingerprint density at radius 1 is 1.25 bits per heavy atom. The molecular weight excluding hydrogens is 151 g/mol. The van der Waals surface area contributed by atoms with Crippen molar-refractivity contribution in [1.82, 2.24) is 0 Å². The van der Waals surface area contributed by atoms with Crippen LogP contribution in [0.4, 0.5) is 4.39 Å². The van der Waals surface area contributed by atoms with Crippen molar-refractivity contribution in [1.29, 1.82) is 0 Å². The third kappa shape index (κ3) is 2.07. The van der Waals surface area contributed by atoms with Gasteiger partial charge >= 0.3 is 0 Å². The second-order valence-corrected chi connectivity index (χ2v) is 4.06. The fourth-order valence-corrected chi connectivity index (χ4v) is 1.07. The minimum atomic E-state index is -0.896. The highest BCUT2D eigenvalue weighted by atomic mass is 19.1. The van der Waals surface area contributed by atoms with Gasteiger partial charge in [-0.15, -0.1) is 0 Å². The predicted molar refractivity (Wildman–Crippen MR) is 48.6 cm³/mol. The van der Waals surface area contributed by atoms with Crippen LogP contribution in [-0.4, -0.2) is 0 Å². The van der Waals surface area contributed by atoms with Gasteiger partial charge in [0, 0.05) is 0 Å². The van der Waals surface area contributed by atoms with E-state index in [-0.39, 0.29) is 5.41 Å². The van der Waals surface area contributed by atoms with Crippen LogP contribution in [-0.2, 0) is 0 Å². The Morgan fingerprint density at radius 3 is 2.17 bits per heavy atom. The Bertz CT molecular complexity index is 233. The predicted octanol–water partition coefficient (Wildman–Crippen LogP) is 3.54. The number of halogens is 1. The molecule has 0 amide bonds. The first-order valence-electron chi connectivity index (χ1n) is 4.12. The largest absolute Gasteiger partial charge is 0.242 e. The lowest BCUT2D eigenvalue weighted by Gasteiger charge is -2.23. The van der Waals surface area contributed by atoms with E-state index < -0.39 is 6.17 Å². The zero-order valence-electron chi connectivity index (χ0n) is 7.76. The monoisotopic (exact) mass is 165 g/mol. The first-order chi connectivity index (χ1) is 5.52. The van der Waals surface area contributed by atoms with Crippen LogP contribution in [0.15, 0.2) is 24.3 Å². The SMILES string of the molecule is CC(C)(C)C(F)c1cc[c]cc1. The van der Waals surface area contributed by atoms with Gasteiger partial charge < -0.3 is 0 Å². The van der Waals surface area contributed by atoms with Crippen LogP contribution in [0.5, 0.6) is 0 Å². The zero-order chi connectivity index (χ0) is 9.19. The van der Waals surface area contributed by atoms with Gasteiger partial charge in [0.15, 0.2) is 0 Å². The molecule has 0 aliphatic rings. The van der Waals surface area contributed by atoms with Crippen molar-refractivity contribution in [3.63, 3.8) is 0 Å². The summed E-state index contributed by atoms with van der Waals surface area (Å²) in [6.07, 6.45) is -0.896. The van der Waals surface area contributed by atoms with Crippen molar-refractivity contribution in [2.75, 3.05) is 0 Å². The summed E-state index contributed by atoms with van der Waals surface area (Å²) in [4.78, 5) is 0. The Labute approximate surface area is 73.4 Å². The van der Waals surface area contributed by atoms with Gasteiger partial charge in [0.2, 0.25) is 0 Å². The Morgan fingerprint density at radius 2 is 1.75 bits per heavy atom. The van der Waals surface area contributed by atoms with Crippen LogP contribution in [0.1, 0.15) is 32.5 Å². The van der Waals surface area contributed by atoms with E-state index >= 15 is 0 Å². The molecule has 0 aliphatic heterocycles. The summed E-state index contributed by atoms with van der Waals surface area (Å²) in [5, 5.41) is 0. The van der Waals surface area contributed by atoms with E-state index in [2.05, 4.69) is 6.07 Å². The first kappa shape index (κ1) is 9.24. The highest BCUT2D eigenvalue weighted by molar-refractivity contribution is 5.18. The van der Waals surface area contributed by atoms with Crippen LogP contribution in [0.2, 0.25) is 0 Å². The fraction of sp³-hybridized carbons (Fsp3) is 0.455. The van der Waals surface area contributed by atoms with Crippen molar-refractivity contribution in [3.05, 3.63) is 35.9 Å². The molecule has 0 spiro atoms. The van der Waals surface area contributed by atoms with E-state index in [9.17, 15) is 4.39 Å². The molecule has 0 nitrogen and oxygen atoms in total. The molecular formula is C11H14F. The van der Waals surface area contributed by atoms with Crippen LogP contribution < -0.4 is 0 Å². The summed E-state index contributed by atoms with van der Waals surface area (Å²) in [5.41, 5.74) is 0.419. The number of alkyl halides is 1. The number of hydrogen-bond donors (Lipinski definition) is 0. The Hall–Kier alpha value is -0.850. The topological polar surface area (TPSA) is 0 Å². The van der Waals surface area contributed by atoms with Gasteiger partial charge in [-0.05, 0) is 17.0 Å². The lowest BCUT2D eigenvalue weighted by Crippen LogP contribution is -2.13. The summed E-state index contributed by atoms with van der Waals surface area (Å²) < 4.78 is 13.6. The highest BCUT2D eigenvalue weighted by Crippen LogP contribution is 2.35. The molecule has 1 aromatic carbocycles. The van der Waals surface area contributed by atoms with Gasteiger partial charge in [0.25, 0.3) is 0 Å². The maximum absolute atomic E-state index is 13.6. The second-order valence-electron chi connectivity index (χ2n) is 4.06. The maximum Gasteiger partial charge on any atom is 0.130 e. The molecule has 1 rings (SSSR count). The normalized spacial score (nSPS) is 14.3. The minimum Gasteiger partial charge on any atom is -0.242 e. The Balaban J connectivity index is 2.86. The molecule has 0 N–H and O–H groups in total. The van der Waals surface area contributed by atoms with Gasteiger partial charge in [-0.25, -0.2) is 4.39 Å². The molecule has 12 heavy (non-hydrogen) atoms. The van der Waals surface area contributed by atoms with Gasteiger partial charge in [-0.1, -0.05) is 45.0 Å². The molecule has 1 radical (unpaired) electrons. The van der Waals surface area contributed by atoms with E-state index in [0.29, 0.717) is 0 Å². The molecule has 0 fully saturated rings. The zero-order valence-corrected chi connectivity index (χ0v) is 7.76. The van der Waals surface area contributed by atoms with Gasteiger partial charge in [-0.2, -0.15) is 0 Å². The van der Waals surface area contributed by atoms with Gasteiger partial charge in [0.1, 0.15) is 6.17 Å². The first-order valence-corrected chi connectivity index (χ1v) is 4.12. The third-order valence-electron chi connectivity index (χ3n) is 1.80. The molecule has 1 unspecified atom stereocenters. The van der Waals surface area contributed by atoms with Crippen LogP contribution in [0.25, 0.3) is 0 Å². The summed E-state index contributed by atoms with van der Waals surface area (Å²) in [7, 11) is 0. The van der Waals surface area contributed by atoms with Gasteiger partial charge in [-0.3, -0.25) is 0 Å². The number of rotatable bonds is 1. The second kappa shape index (κ2) is 3.26. The Kier molecular flexibility index (Phi) is 2.51. The molecule has 0 aliphatic carbocycles. The van der Waals surface area contributed by atoms with E-state index in [1.165, 1.54) is 0 Å². The molecule has 0 saturated carbocycles. The van der Waals surface area contributed by atoms with Crippen molar-refractivity contribution in [2.24, 2.45) is 5.41 Å². The summed E-state index contributed by atoms with van der Waals surface area (Å²) in [5.74, 6) is 0. The van der Waals surface area contributed by atoms with Crippen LogP contribution >= 0.6 is 0 Å². The number of benzene rings is 1. The molecule has 65 valence electrons. The molecule has 0 saturated heterocycles. The molecule has 1 heteroatoms. The van der Waals surface area contributed by atoms with Gasteiger partial charge in [0.05, 0.1) is 0 Å². The molecule has 0 bridgehead atoms. The van der Waals surface area contributed by atoms with Crippen LogP contribution in [0, 0.1) is 11.5 Å². The van der Waals surface area contributed by atoms with Crippen molar-refractivity contribution < 1.29 is 4.39 Å². The van der Waals surface area contributed by atoms with Crippen molar-refractivity contribution in [2.45, 2.75) is 26.9 Å². The van der Waals surface area contributed by atoms with E-state index in [0.717, 1.165) is 5.56 Å². The van der Waals surface area contributed by atoms with E-state index in [1.54, 1.807) is 24.3 Å². The summed E-state index contributed by atoms with van der Waals surface area (Å²) >= 11 is 0. The third-order valence-corrected chi connectivity index (χ3v) is 1.80. The smallest absolute Gasteiger partial charge is 0.130 e. The van der Waals surface area contributed by atoms with Crippen LogP contribution in [0.3, 0.4) is 0 Å². The standard InChI is InChI=1S/C11H14F/c1-11(2,3)10(12)9-7-5-4-6-8-9/h5-8,10H,1-3H3. The molecule has 0 aromatic heterocycles. The van der Waals surface area contributed by atoms with E-state index in [1.807, 2.05) is 20.8 Å². The summed E-state index contributed by atoms with van der Waals surface area (Å²) in [6.45, 7) is 5.69. The van der Waals surface area contributed by atoms with Crippen molar-refractivity contribution in [3.8, 4) is 0 Å². The fourth-order valence-electron chi connectivity index (χ4n) is 1.07. The minimum absolute atomic E-state index is 0.318. The average molecular weight is 165 g/mol. The maximum atomic E-state index is 13.6. The molecule has 1 atom stereocenters. The average Bonchev–Trinajstić information content (AvgIpc) is 2.03. The quantitative estimate of drug-likeness (QED) is 0.597. The number of hydrogen-bond acceptors (Lipinski definition) is 0. The lowest BCUT2D eigenvalue weighted by molar-refractivity contribution is 0.165. The highest BCUT2D eigenvalue weighted by Gasteiger charge is 2.25.